The number of nitrogens with two attached hydrogens (primary N) is 1. The van der Waals surface area contributed by atoms with Crippen LogP contribution in [0, 0.1) is 0 Å². The van der Waals surface area contributed by atoms with Gasteiger partial charge < -0.3 is 28.7 Å². The van der Waals surface area contributed by atoms with Crippen LogP contribution in [0.1, 0.15) is 96.0 Å². The Morgan fingerprint density at radius 2 is 1.53 bits per heavy atom. The van der Waals surface area contributed by atoms with Crippen LogP contribution in [0.15, 0.2) is 24.3 Å². The van der Waals surface area contributed by atoms with Crippen LogP contribution >= 0.6 is 8.60 Å². The van der Waals surface area contributed by atoms with Gasteiger partial charge in [-0.3, -0.25) is 4.79 Å². The second-order valence-corrected chi connectivity index (χ2v) is 10.3. The summed E-state index contributed by atoms with van der Waals surface area (Å²) in [5.74, 6) is 0.804. The third-order valence-corrected chi connectivity index (χ3v) is 6.91. The molecule has 1 aromatic rings. The van der Waals surface area contributed by atoms with E-state index in [-0.39, 0.29) is 6.61 Å². The van der Waals surface area contributed by atoms with E-state index >= 15 is 0 Å². The minimum Gasteiger partial charge on any atom is -0.493 e. The van der Waals surface area contributed by atoms with E-state index in [9.17, 15) is 9.69 Å². The summed E-state index contributed by atoms with van der Waals surface area (Å²) in [6.07, 6.45) is 16.5. The van der Waals surface area contributed by atoms with Gasteiger partial charge in [-0.2, -0.15) is 0 Å². The predicted octanol–water partition coefficient (Wildman–Crippen LogP) is 5.69. The van der Waals surface area contributed by atoms with Crippen LogP contribution in [0.2, 0.25) is 0 Å². The lowest BCUT2D eigenvalue weighted by Gasteiger charge is -2.19. The standard InChI is InChI=1S/C28H50NO6P/c1-3-4-5-6-7-8-9-10-11-12-13-16-21-32-28-19-15-14-18-26(28)23-27(33-25-30)24-35-36(31)34-22-17-20-29-2/h14-15,18-19,25,27,29,31H,3-13,16-17,20-24H2,1-2H3/p+1. The lowest BCUT2D eigenvalue weighted by Crippen LogP contribution is -2.79. The van der Waals surface area contributed by atoms with Crippen molar-refractivity contribution in [3.8, 4) is 5.75 Å². The first-order valence-electron chi connectivity index (χ1n) is 14.0. The van der Waals surface area contributed by atoms with E-state index in [1.807, 2.05) is 31.3 Å². The normalized spacial score (nSPS) is 12.9. The van der Waals surface area contributed by atoms with E-state index in [0.29, 0.717) is 26.1 Å². The number of unbranched alkanes of at least 4 members (excludes halogenated alkanes) is 11. The van der Waals surface area contributed by atoms with Gasteiger partial charge in [-0.25, -0.2) is 0 Å². The molecule has 3 N–H and O–H groups in total. The monoisotopic (exact) mass is 528 g/mol. The van der Waals surface area contributed by atoms with Crippen molar-refractivity contribution in [2.75, 3.05) is 33.4 Å². The highest BCUT2D eigenvalue weighted by Crippen LogP contribution is 2.33. The van der Waals surface area contributed by atoms with Crippen LogP contribution in [-0.2, 0) is 25.0 Å². The SMILES string of the molecule is CCCCCCCCCCCCCCOc1ccccc1CC(COP(O)OCCC[NH2+]C)OC=O. The van der Waals surface area contributed by atoms with Crippen molar-refractivity contribution in [2.45, 2.75) is 103 Å². The highest BCUT2D eigenvalue weighted by atomic mass is 31.2. The molecular weight excluding hydrogens is 477 g/mol. The summed E-state index contributed by atoms with van der Waals surface area (Å²) in [7, 11) is -0.00210. The van der Waals surface area contributed by atoms with Crippen LogP contribution in [0.25, 0.3) is 0 Å². The van der Waals surface area contributed by atoms with Crippen LogP contribution in [-0.4, -0.2) is 50.9 Å². The molecule has 0 aliphatic rings. The zero-order valence-electron chi connectivity index (χ0n) is 22.7. The van der Waals surface area contributed by atoms with Crippen molar-refractivity contribution >= 4 is 15.1 Å². The molecule has 2 atom stereocenters. The molecule has 1 aromatic carbocycles. The number of rotatable bonds is 26. The van der Waals surface area contributed by atoms with E-state index in [4.69, 9.17) is 18.5 Å². The first-order valence-corrected chi connectivity index (χ1v) is 15.2. The largest absolute Gasteiger partial charge is 0.493 e. The number of quaternary nitrogens is 1. The van der Waals surface area contributed by atoms with E-state index in [0.717, 1.165) is 30.7 Å². The number of ether oxygens (including phenoxy) is 2. The third-order valence-electron chi connectivity index (χ3n) is 6.13. The van der Waals surface area contributed by atoms with Crippen molar-refractivity contribution in [1.29, 1.82) is 0 Å². The van der Waals surface area contributed by atoms with Crippen molar-refractivity contribution in [3.63, 3.8) is 0 Å². The van der Waals surface area contributed by atoms with Crippen LogP contribution in [0.3, 0.4) is 0 Å². The van der Waals surface area contributed by atoms with Gasteiger partial charge in [0, 0.05) is 12.8 Å². The van der Waals surface area contributed by atoms with E-state index in [1.165, 1.54) is 70.6 Å². The molecule has 8 heteroatoms. The molecule has 0 saturated heterocycles. The topological polar surface area (TPSA) is 90.8 Å². The lowest BCUT2D eigenvalue weighted by atomic mass is 10.1. The molecule has 0 aromatic heterocycles. The molecule has 2 unspecified atom stereocenters. The second-order valence-electron chi connectivity index (χ2n) is 9.32. The van der Waals surface area contributed by atoms with E-state index < -0.39 is 14.7 Å². The number of benzene rings is 1. The summed E-state index contributed by atoms with van der Waals surface area (Å²) in [5.41, 5.74) is 0.952. The van der Waals surface area contributed by atoms with Gasteiger partial charge in [0.1, 0.15) is 11.9 Å². The fourth-order valence-corrected chi connectivity index (χ4v) is 4.68. The quantitative estimate of drug-likeness (QED) is 0.0913. The van der Waals surface area contributed by atoms with Crippen molar-refractivity contribution < 1.29 is 33.5 Å². The summed E-state index contributed by atoms with van der Waals surface area (Å²) < 4.78 is 21.9. The van der Waals surface area contributed by atoms with E-state index in [2.05, 4.69) is 12.2 Å². The lowest BCUT2D eigenvalue weighted by molar-refractivity contribution is -0.627. The van der Waals surface area contributed by atoms with E-state index in [1.54, 1.807) is 0 Å². The van der Waals surface area contributed by atoms with Crippen LogP contribution in [0.4, 0.5) is 0 Å². The molecular formula is C28H51NO6P+. The second kappa shape index (κ2) is 24.1. The first-order chi connectivity index (χ1) is 17.7. The third kappa shape index (κ3) is 18.1. The molecule has 36 heavy (non-hydrogen) atoms. The van der Waals surface area contributed by atoms with Gasteiger partial charge in [0.25, 0.3) is 6.47 Å². The molecule has 0 aliphatic heterocycles. The molecule has 7 nitrogen and oxygen atoms in total. The zero-order chi connectivity index (χ0) is 26.1. The zero-order valence-corrected chi connectivity index (χ0v) is 23.6. The summed E-state index contributed by atoms with van der Waals surface area (Å²) in [6.45, 7) is 4.78. The maximum Gasteiger partial charge on any atom is 0.329 e. The average Bonchev–Trinajstić information content (AvgIpc) is 2.89. The maximum atomic E-state index is 11.0. The van der Waals surface area contributed by atoms with Crippen molar-refractivity contribution in [1.82, 2.24) is 0 Å². The number of hydrogen-bond donors (Lipinski definition) is 2. The van der Waals surface area contributed by atoms with Crippen molar-refractivity contribution in [2.24, 2.45) is 0 Å². The highest BCUT2D eigenvalue weighted by Gasteiger charge is 2.17. The Bertz CT molecular complexity index is 636. The summed E-state index contributed by atoms with van der Waals surface area (Å²) in [6, 6.07) is 7.80. The number of para-hydroxylation sites is 1. The molecule has 1 rings (SSSR count). The predicted molar refractivity (Wildman–Crippen MR) is 146 cm³/mol. The van der Waals surface area contributed by atoms with Crippen LogP contribution in [0.5, 0.6) is 5.75 Å². The number of hydrogen-bond acceptors (Lipinski definition) is 6. The molecule has 0 aliphatic carbocycles. The number of carbonyl (C=O) groups is 1. The summed E-state index contributed by atoms with van der Waals surface area (Å²) >= 11 is 0. The Labute approximate surface area is 220 Å². The molecule has 0 bridgehead atoms. The van der Waals surface area contributed by atoms with Gasteiger partial charge in [-0.1, -0.05) is 95.8 Å². The maximum absolute atomic E-state index is 11.0. The van der Waals surface area contributed by atoms with Crippen LogP contribution < -0.4 is 10.1 Å². The van der Waals surface area contributed by atoms with Gasteiger partial charge >= 0.3 is 8.60 Å². The average molecular weight is 529 g/mol. The minimum atomic E-state index is -1.99. The van der Waals surface area contributed by atoms with Crippen molar-refractivity contribution in [3.05, 3.63) is 29.8 Å². The summed E-state index contributed by atoms with van der Waals surface area (Å²) in [5, 5.41) is 2.05. The smallest absolute Gasteiger partial charge is 0.329 e. The fraction of sp³-hybridized carbons (Fsp3) is 0.750. The minimum absolute atomic E-state index is 0.0634. The molecule has 0 radical (unpaired) electrons. The first kappa shape index (κ1) is 32.8. The van der Waals surface area contributed by atoms with Gasteiger partial charge in [-0.15, -0.1) is 0 Å². The number of carbonyl (C=O) groups excluding carboxylic acids is 1. The molecule has 0 saturated carbocycles. The molecule has 208 valence electrons. The Kier molecular flexibility index (Phi) is 22.0. The molecule has 0 fully saturated rings. The molecule has 0 amide bonds. The van der Waals surface area contributed by atoms with Gasteiger partial charge in [0.2, 0.25) is 0 Å². The molecule has 0 spiro atoms. The fourth-order valence-electron chi connectivity index (χ4n) is 4.02. The molecule has 0 heterocycles. The summed E-state index contributed by atoms with van der Waals surface area (Å²) in [4.78, 5) is 20.9. The Hall–Kier alpha value is -1.24. The van der Waals surface area contributed by atoms with Gasteiger partial charge in [0.05, 0.1) is 33.4 Å². The van der Waals surface area contributed by atoms with Gasteiger partial charge in [0.15, 0.2) is 0 Å². The highest BCUT2D eigenvalue weighted by molar-refractivity contribution is 7.40. The van der Waals surface area contributed by atoms with Gasteiger partial charge in [-0.05, 0) is 18.1 Å². The Balaban J connectivity index is 2.25. The Morgan fingerprint density at radius 3 is 2.17 bits per heavy atom. The Morgan fingerprint density at radius 1 is 0.889 bits per heavy atom.